The molecular weight excluding hydrogens is 136 g/mol. The molecule has 0 radical (unpaired) electrons. The average Bonchev–Trinajstić information content (AvgIpc) is 2.14. The molecule has 3 nitrogen and oxygen atoms in total. The first-order valence-corrected chi connectivity index (χ1v) is 3.03. The van der Waals surface area contributed by atoms with E-state index in [1.54, 1.807) is 6.92 Å². The molecule has 1 N–H and O–H groups in total. The third kappa shape index (κ3) is 1.38. The van der Waals surface area contributed by atoms with Gasteiger partial charge in [0.15, 0.2) is 0 Å². The van der Waals surface area contributed by atoms with Crippen LogP contribution in [0.3, 0.4) is 0 Å². The van der Waals surface area contributed by atoms with Crippen molar-refractivity contribution in [3.63, 3.8) is 0 Å². The lowest BCUT2D eigenvalue weighted by Crippen LogP contribution is -2.00. The summed E-state index contributed by atoms with van der Waals surface area (Å²) in [6.07, 6.45) is 0. The first-order valence-electron chi connectivity index (χ1n) is 2.58. The summed E-state index contributed by atoms with van der Waals surface area (Å²) in [7, 11) is 0. The van der Waals surface area contributed by atoms with Gasteiger partial charge >= 0.3 is 0 Å². The third-order valence-electron chi connectivity index (χ3n) is 0.893. The lowest BCUT2D eigenvalue weighted by atomic mass is 10.6. The summed E-state index contributed by atoms with van der Waals surface area (Å²) in [5.74, 6) is 1.24. The Morgan fingerprint density at radius 2 is 2.44 bits per heavy atom. The molecule has 0 unspecified atom stereocenters. The molecule has 0 saturated carbocycles. The first kappa shape index (κ1) is 6.48. The highest BCUT2D eigenvalue weighted by molar-refractivity contribution is 7.84. The summed E-state index contributed by atoms with van der Waals surface area (Å²) in [6, 6.07) is 0. The van der Waals surface area contributed by atoms with E-state index in [-0.39, 0.29) is 0 Å². The van der Waals surface area contributed by atoms with E-state index in [4.69, 9.17) is 4.74 Å². The molecular formula is C5H8N2OS. The van der Waals surface area contributed by atoms with E-state index in [1.165, 1.54) is 0 Å². The van der Waals surface area contributed by atoms with Gasteiger partial charge in [-0.3, -0.25) is 0 Å². The number of nitrogens with zero attached hydrogens (tertiary/aromatic N) is 1. The molecule has 0 aromatic heterocycles. The number of hydrogen-bond acceptors (Lipinski definition) is 4. The minimum Gasteiger partial charge on any atom is -0.423 e. The maximum atomic E-state index is 5.06. The second kappa shape index (κ2) is 2.31. The Bertz CT molecular complexity index is 181. The van der Waals surface area contributed by atoms with Crippen LogP contribution in [0, 0.1) is 0 Å². The minimum atomic E-state index is 0.621. The van der Waals surface area contributed by atoms with Crippen LogP contribution in [0.5, 0.6) is 0 Å². The summed E-state index contributed by atoms with van der Waals surface area (Å²) in [5.41, 5.74) is 2.67. The Morgan fingerprint density at radius 3 is 2.67 bits per heavy atom. The number of rotatable bonds is 0. The fourth-order valence-corrected chi connectivity index (χ4v) is 0.573. The predicted molar refractivity (Wildman–Crippen MR) is 39.0 cm³/mol. The topological polar surface area (TPSA) is 33.6 Å². The van der Waals surface area contributed by atoms with E-state index in [0.29, 0.717) is 11.8 Å². The van der Waals surface area contributed by atoms with Gasteiger partial charge in [-0.25, -0.2) is 5.43 Å². The number of allylic oxidation sites excluding steroid dienone is 1. The summed E-state index contributed by atoms with van der Waals surface area (Å²) in [6.45, 7) is 3.61. The largest absolute Gasteiger partial charge is 0.423 e. The molecule has 0 bridgehead atoms. The van der Waals surface area contributed by atoms with Crippen LogP contribution in [-0.4, -0.2) is 5.90 Å². The highest BCUT2D eigenvalue weighted by Gasteiger charge is 2.08. The van der Waals surface area contributed by atoms with Gasteiger partial charge in [0.05, 0.1) is 0 Å². The van der Waals surface area contributed by atoms with Crippen molar-refractivity contribution in [2.75, 3.05) is 0 Å². The number of hydrazone groups is 1. The molecule has 9 heavy (non-hydrogen) atoms. The smallest absolute Gasteiger partial charge is 0.224 e. The van der Waals surface area contributed by atoms with Gasteiger partial charge in [0.2, 0.25) is 11.8 Å². The van der Waals surface area contributed by atoms with Crippen molar-refractivity contribution in [2.45, 2.75) is 13.8 Å². The van der Waals surface area contributed by atoms with Crippen molar-refractivity contribution in [3.05, 3.63) is 10.8 Å². The lowest BCUT2D eigenvalue weighted by molar-refractivity contribution is 0.410. The Balaban J connectivity index is 2.67. The number of thiol groups is 1. The van der Waals surface area contributed by atoms with Crippen LogP contribution in [0.1, 0.15) is 13.8 Å². The summed E-state index contributed by atoms with van der Waals surface area (Å²) in [4.78, 5) is 0.801. The molecule has 4 heteroatoms. The van der Waals surface area contributed by atoms with Crippen molar-refractivity contribution < 1.29 is 4.74 Å². The zero-order valence-electron chi connectivity index (χ0n) is 5.30. The van der Waals surface area contributed by atoms with Crippen molar-refractivity contribution in [3.8, 4) is 0 Å². The van der Waals surface area contributed by atoms with Crippen LogP contribution in [0.25, 0.3) is 0 Å². The van der Waals surface area contributed by atoms with E-state index in [0.717, 1.165) is 4.91 Å². The summed E-state index contributed by atoms with van der Waals surface area (Å²) >= 11 is 4.05. The Morgan fingerprint density at radius 1 is 1.78 bits per heavy atom. The highest BCUT2D eigenvalue weighted by Crippen LogP contribution is 2.10. The normalized spacial score (nSPS) is 22.3. The Hall–Kier alpha value is -0.640. The molecule has 0 aromatic carbocycles. The molecule has 0 fully saturated rings. The quantitative estimate of drug-likeness (QED) is 0.498. The second-order valence-electron chi connectivity index (χ2n) is 1.76. The van der Waals surface area contributed by atoms with Crippen molar-refractivity contribution >= 4 is 18.5 Å². The summed E-state index contributed by atoms with van der Waals surface area (Å²) < 4.78 is 5.06. The van der Waals surface area contributed by atoms with E-state index >= 15 is 0 Å². The van der Waals surface area contributed by atoms with E-state index in [1.807, 2.05) is 6.92 Å². The Labute approximate surface area is 59.2 Å². The lowest BCUT2D eigenvalue weighted by Gasteiger charge is -1.97. The van der Waals surface area contributed by atoms with Crippen LogP contribution in [0.4, 0.5) is 0 Å². The monoisotopic (exact) mass is 144 g/mol. The molecule has 1 heterocycles. The van der Waals surface area contributed by atoms with E-state index < -0.39 is 0 Å². The summed E-state index contributed by atoms with van der Waals surface area (Å²) in [5, 5.41) is 3.78. The molecule has 50 valence electrons. The zero-order chi connectivity index (χ0) is 6.85. The number of hydrogen-bond donors (Lipinski definition) is 2. The predicted octanol–water partition coefficient (Wildman–Crippen LogP) is 1.06. The van der Waals surface area contributed by atoms with Crippen molar-refractivity contribution in [1.29, 1.82) is 0 Å². The SMILES string of the molecule is CC1=NNC(=C(C)S)O1. The molecule has 0 atom stereocenters. The van der Waals surface area contributed by atoms with Crippen LogP contribution >= 0.6 is 12.6 Å². The molecule has 1 aliphatic heterocycles. The van der Waals surface area contributed by atoms with Gasteiger partial charge in [-0.05, 0) is 6.92 Å². The molecule has 1 rings (SSSR count). The van der Waals surface area contributed by atoms with Gasteiger partial charge < -0.3 is 4.74 Å². The van der Waals surface area contributed by atoms with E-state index in [2.05, 4.69) is 23.2 Å². The van der Waals surface area contributed by atoms with Crippen LogP contribution in [0.15, 0.2) is 15.9 Å². The van der Waals surface area contributed by atoms with Gasteiger partial charge in [0.25, 0.3) is 0 Å². The molecule has 0 amide bonds. The second-order valence-corrected chi connectivity index (χ2v) is 2.43. The van der Waals surface area contributed by atoms with Gasteiger partial charge in [-0.2, -0.15) is 0 Å². The van der Waals surface area contributed by atoms with E-state index in [9.17, 15) is 0 Å². The average molecular weight is 144 g/mol. The minimum absolute atomic E-state index is 0.621. The van der Waals surface area contributed by atoms with Gasteiger partial charge in [0.1, 0.15) is 0 Å². The maximum absolute atomic E-state index is 5.06. The fourth-order valence-electron chi connectivity index (χ4n) is 0.478. The first-order chi connectivity index (χ1) is 4.20. The van der Waals surface area contributed by atoms with Crippen LogP contribution < -0.4 is 5.43 Å². The van der Waals surface area contributed by atoms with Crippen molar-refractivity contribution in [2.24, 2.45) is 5.10 Å². The molecule has 1 aliphatic rings. The maximum Gasteiger partial charge on any atom is 0.224 e. The Kier molecular flexibility index (Phi) is 1.66. The third-order valence-corrected chi connectivity index (χ3v) is 1.10. The fraction of sp³-hybridized carbons (Fsp3) is 0.400. The molecule has 0 spiro atoms. The van der Waals surface area contributed by atoms with Gasteiger partial charge in [0, 0.05) is 11.8 Å². The van der Waals surface area contributed by atoms with Gasteiger partial charge in [-0.15, -0.1) is 17.7 Å². The zero-order valence-corrected chi connectivity index (χ0v) is 6.20. The molecule has 0 aromatic rings. The van der Waals surface area contributed by atoms with Gasteiger partial charge in [-0.1, -0.05) is 0 Å². The van der Waals surface area contributed by atoms with Crippen LogP contribution in [0.2, 0.25) is 0 Å². The molecule has 0 aliphatic carbocycles. The van der Waals surface area contributed by atoms with Crippen LogP contribution in [-0.2, 0) is 4.74 Å². The highest BCUT2D eigenvalue weighted by atomic mass is 32.1. The van der Waals surface area contributed by atoms with Crippen molar-refractivity contribution in [1.82, 2.24) is 5.43 Å². The number of nitrogens with one attached hydrogen (secondary N) is 1. The number of ether oxygens (including phenoxy) is 1. The molecule has 0 saturated heterocycles. The standard InChI is InChI=1S/C5H8N2OS/c1-3(9)5-7-6-4(2)8-5/h7,9H,1-2H3.